The molecule has 3 aromatic carbocycles. The number of carbonyl (C=O) groups excluding carboxylic acids is 1. The van der Waals surface area contributed by atoms with E-state index in [-0.39, 0.29) is 11.9 Å². The average molecular weight is 415 g/mol. The van der Waals surface area contributed by atoms with E-state index in [2.05, 4.69) is 72.8 Å². The van der Waals surface area contributed by atoms with Gasteiger partial charge in [-0.15, -0.1) is 0 Å². The minimum atomic E-state index is -0.00767. The summed E-state index contributed by atoms with van der Waals surface area (Å²) in [6.45, 7) is 4.70. The number of nitrogens with one attached hydrogen (secondary N) is 2. The lowest BCUT2D eigenvalue weighted by atomic mass is 9.96. The van der Waals surface area contributed by atoms with E-state index in [0.717, 1.165) is 25.1 Å². The number of quaternary nitrogens is 1. The van der Waals surface area contributed by atoms with Gasteiger partial charge in [-0.1, -0.05) is 54.1 Å². The molecule has 0 fully saturated rings. The normalized spacial score (nSPS) is 16.3. The molecule has 1 amide bonds. The summed E-state index contributed by atoms with van der Waals surface area (Å²) in [6, 6.07) is 25.5. The first-order valence-corrected chi connectivity index (χ1v) is 11.0. The van der Waals surface area contributed by atoms with Crippen LogP contribution in [-0.2, 0) is 13.0 Å². The molecule has 2 N–H and O–H groups in total. The van der Waals surface area contributed by atoms with Crippen molar-refractivity contribution in [2.45, 2.75) is 25.9 Å². The predicted octanol–water partition coefficient (Wildman–Crippen LogP) is 3.17. The highest BCUT2D eigenvalue weighted by molar-refractivity contribution is 5.94. The van der Waals surface area contributed by atoms with E-state index in [4.69, 9.17) is 0 Å². The zero-order valence-corrected chi connectivity index (χ0v) is 18.7. The zero-order valence-electron chi connectivity index (χ0n) is 18.7. The van der Waals surface area contributed by atoms with Crippen LogP contribution >= 0.6 is 0 Å². The summed E-state index contributed by atoms with van der Waals surface area (Å²) < 4.78 is 0. The number of nitrogens with zero attached hydrogens (tertiary/aromatic N) is 1. The van der Waals surface area contributed by atoms with Crippen LogP contribution in [0.1, 0.15) is 38.7 Å². The molecule has 160 valence electrons. The fourth-order valence-corrected chi connectivity index (χ4v) is 4.40. The van der Waals surface area contributed by atoms with E-state index in [9.17, 15) is 4.79 Å². The van der Waals surface area contributed by atoms with Gasteiger partial charge in [-0.05, 0) is 36.8 Å². The molecule has 4 rings (SSSR count). The van der Waals surface area contributed by atoms with Crippen molar-refractivity contribution >= 4 is 11.6 Å². The Bertz CT molecular complexity index is 1030. The Morgan fingerprint density at radius 1 is 0.968 bits per heavy atom. The van der Waals surface area contributed by atoms with Crippen LogP contribution in [0.2, 0.25) is 0 Å². The van der Waals surface area contributed by atoms with Crippen molar-refractivity contribution in [1.82, 2.24) is 5.32 Å². The maximum Gasteiger partial charge on any atom is 0.251 e. The number of anilines is 1. The molecule has 0 saturated carbocycles. The second kappa shape index (κ2) is 9.36. The summed E-state index contributed by atoms with van der Waals surface area (Å²) in [4.78, 5) is 16.4. The predicted molar refractivity (Wildman–Crippen MR) is 127 cm³/mol. The van der Waals surface area contributed by atoms with Crippen LogP contribution in [0.5, 0.6) is 0 Å². The lowest BCUT2D eigenvalue weighted by Gasteiger charge is -2.33. The Morgan fingerprint density at radius 3 is 2.32 bits per heavy atom. The molecule has 2 atom stereocenters. The van der Waals surface area contributed by atoms with E-state index < -0.39 is 0 Å². The van der Waals surface area contributed by atoms with Crippen molar-refractivity contribution < 1.29 is 9.69 Å². The molecule has 1 unspecified atom stereocenters. The smallest absolute Gasteiger partial charge is 0.251 e. The first-order valence-electron chi connectivity index (χ1n) is 11.0. The number of carbonyl (C=O) groups is 1. The molecule has 0 aliphatic carbocycles. The molecular weight excluding hydrogens is 382 g/mol. The lowest BCUT2D eigenvalue weighted by molar-refractivity contribution is -0.945. The van der Waals surface area contributed by atoms with Crippen LogP contribution in [0.25, 0.3) is 0 Å². The summed E-state index contributed by atoms with van der Waals surface area (Å²) in [5.41, 5.74) is 7.20. The van der Waals surface area contributed by atoms with E-state index in [0.29, 0.717) is 12.1 Å². The van der Waals surface area contributed by atoms with Crippen molar-refractivity contribution in [2.75, 3.05) is 32.1 Å². The van der Waals surface area contributed by atoms with Gasteiger partial charge in [0, 0.05) is 42.9 Å². The van der Waals surface area contributed by atoms with Crippen molar-refractivity contribution in [2.24, 2.45) is 0 Å². The molecule has 0 bridgehead atoms. The summed E-state index contributed by atoms with van der Waals surface area (Å²) in [5, 5.41) is 3.21. The van der Waals surface area contributed by atoms with Crippen LogP contribution in [0.3, 0.4) is 0 Å². The Kier molecular flexibility index (Phi) is 6.38. The second-order valence-corrected chi connectivity index (χ2v) is 8.72. The van der Waals surface area contributed by atoms with Gasteiger partial charge in [0.05, 0.1) is 13.1 Å². The molecule has 4 heteroatoms. The second-order valence-electron chi connectivity index (χ2n) is 8.72. The van der Waals surface area contributed by atoms with Gasteiger partial charge < -0.3 is 15.1 Å². The Labute approximate surface area is 185 Å². The number of benzene rings is 3. The van der Waals surface area contributed by atoms with E-state index in [1.54, 1.807) is 0 Å². The van der Waals surface area contributed by atoms with Gasteiger partial charge in [0.25, 0.3) is 5.91 Å². The Hall–Kier alpha value is -3.11. The fraction of sp³-hybridized carbons (Fsp3) is 0.296. The highest BCUT2D eigenvalue weighted by Crippen LogP contribution is 2.19. The minimum absolute atomic E-state index is 0.00767. The van der Waals surface area contributed by atoms with E-state index in [1.165, 1.54) is 27.3 Å². The first kappa shape index (κ1) is 21.1. The number of hydrogen-bond donors (Lipinski definition) is 2. The minimum Gasteiger partial charge on any atom is -0.378 e. The summed E-state index contributed by atoms with van der Waals surface area (Å²) >= 11 is 0. The van der Waals surface area contributed by atoms with Gasteiger partial charge in [-0.25, -0.2) is 0 Å². The largest absolute Gasteiger partial charge is 0.378 e. The van der Waals surface area contributed by atoms with E-state index in [1.807, 2.05) is 31.2 Å². The molecule has 0 saturated heterocycles. The summed E-state index contributed by atoms with van der Waals surface area (Å²) in [6.07, 6.45) is 1.07. The van der Waals surface area contributed by atoms with Crippen LogP contribution in [0.15, 0.2) is 72.8 Å². The lowest BCUT2D eigenvalue weighted by Crippen LogP contribution is -3.12. The van der Waals surface area contributed by atoms with Gasteiger partial charge in [0.1, 0.15) is 12.6 Å². The van der Waals surface area contributed by atoms with Gasteiger partial charge >= 0.3 is 0 Å². The number of amides is 1. The maximum atomic E-state index is 12.8. The van der Waals surface area contributed by atoms with Crippen molar-refractivity contribution in [3.05, 3.63) is 101 Å². The van der Waals surface area contributed by atoms with Crippen molar-refractivity contribution in [1.29, 1.82) is 0 Å². The number of aryl methyl sites for hydroxylation is 1. The highest BCUT2D eigenvalue weighted by Gasteiger charge is 2.29. The SMILES string of the molecule is Cc1ccc(C(=O)NC[C@@H](c2ccc(N(C)C)cc2)[NH+]2CCc3ccccc3C2)cc1. The summed E-state index contributed by atoms with van der Waals surface area (Å²) in [7, 11) is 4.11. The fourth-order valence-electron chi connectivity index (χ4n) is 4.40. The molecule has 31 heavy (non-hydrogen) atoms. The van der Waals surface area contributed by atoms with Gasteiger partial charge in [-0.2, -0.15) is 0 Å². The molecule has 1 heterocycles. The third kappa shape index (κ3) is 4.97. The standard InChI is InChI=1S/C27H31N3O/c1-20-8-10-23(11-9-20)27(31)28-18-26(22-12-14-25(15-13-22)29(2)3)30-17-16-21-6-4-5-7-24(21)19-30/h4-15,26H,16-19H2,1-3H3,(H,28,31)/p+1/t26-/m0/s1. The Morgan fingerprint density at radius 2 is 1.65 bits per heavy atom. The van der Waals surface area contributed by atoms with Crippen LogP contribution in [0, 0.1) is 6.92 Å². The van der Waals surface area contributed by atoms with Crippen molar-refractivity contribution in [3.63, 3.8) is 0 Å². The highest BCUT2D eigenvalue weighted by atomic mass is 16.1. The Balaban J connectivity index is 1.55. The van der Waals surface area contributed by atoms with Crippen molar-refractivity contribution in [3.8, 4) is 0 Å². The quantitative estimate of drug-likeness (QED) is 0.650. The van der Waals surface area contributed by atoms with Crippen LogP contribution in [0.4, 0.5) is 5.69 Å². The molecular formula is C27H32N3O+. The molecule has 0 aromatic heterocycles. The van der Waals surface area contributed by atoms with Crippen LogP contribution in [-0.4, -0.2) is 33.1 Å². The van der Waals surface area contributed by atoms with Gasteiger partial charge in [0.15, 0.2) is 0 Å². The zero-order chi connectivity index (χ0) is 21.8. The molecule has 0 spiro atoms. The van der Waals surface area contributed by atoms with Gasteiger partial charge in [0.2, 0.25) is 0 Å². The molecule has 3 aromatic rings. The summed E-state index contributed by atoms with van der Waals surface area (Å²) in [5.74, 6) is -0.00767. The molecule has 1 aliphatic heterocycles. The van der Waals surface area contributed by atoms with E-state index >= 15 is 0 Å². The monoisotopic (exact) mass is 414 g/mol. The molecule has 0 radical (unpaired) electrons. The van der Waals surface area contributed by atoms with Gasteiger partial charge in [-0.3, -0.25) is 4.79 Å². The average Bonchev–Trinajstić information content (AvgIpc) is 2.79. The first-order chi connectivity index (χ1) is 15.0. The number of rotatable bonds is 6. The van der Waals surface area contributed by atoms with Crippen LogP contribution < -0.4 is 15.1 Å². The maximum absolute atomic E-state index is 12.8. The third-order valence-electron chi connectivity index (χ3n) is 6.34. The topological polar surface area (TPSA) is 36.8 Å². The number of fused-ring (bicyclic) bond motifs is 1. The number of hydrogen-bond acceptors (Lipinski definition) is 2. The third-order valence-corrected chi connectivity index (χ3v) is 6.34. The molecule has 1 aliphatic rings. The molecule has 4 nitrogen and oxygen atoms in total.